The first-order valence-electron chi connectivity index (χ1n) is 5.47. The van der Waals surface area contributed by atoms with Gasteiger partial charge in [-0.25, -0.2) is 9.97 Å². The van der Waals surface area contributed by atoms with E-state index in [0.717, 1.165) is 15.6 Å². The maximum atomic E-state index is 5.92. The largest absolute Gasteiger partial charge is 0.349 e. The van der Waals surface area contributed by atoms with Gasteiger partial charge in [-0.05, 0) is 19.1 Å². The monoisotopic (exact) mass is 275 g/mol. The summed E-state index contributed by atoms with van der Waals surface area (Å²) in [4.78, 5) is 11.7. The summed E-state index contributed by atoms with van der Waals surface area (Å²) in [5.41, 5.74) is 1.12. The Labute approximate surface area is 114 Å². The summed E-state index contributed by atoms with van der Waals surface area (Å²) in [6.45, 7) is 1.83. The summed E-state index contributed by atoms with van der Waals surface area (Å²) < 4.78 is 0. The number of fused-ring (bicyclic) bond motifs is 1. The third-order valence-corrected chi connectivity index (χ3v) is 3.55. The lowest BCUT2D eigenvalue weighted by atomic mass is 10.3. The highest BCUT2D eigenvalue weighted by Gasteiger charge is 2.05. The second kappa shape index (κ2) is 4.63. The number of hydrogen-bond acceptors (Lipinski definition) is 3. The number of halogens is 1. The van der Waals surface area contributed by atoms with E-state index in [1.165, 1.54) is 5.39 Å². The molecule has 0 aliphatic carbocycles. The Morgan fingerprint density at radius 1 is 1.17 bits per heavy atom. The Bertz CT molecular complexity index is 655. The van der Waals surface area contributed by atoms with Crippen molar-refractivity contribution in [1.82, 2.24) is 15.0 Å². The third kappa shape index (κ3) is 2.35. The van der Waals surface area contributed by atoms with Crippen molar-refractivity contribution in [2.75, 3.05) is 0 Å². The van der Waals surface area contributed by atoms with Crippen molar-refractivity contribution >= 4 is 34.3 Å². The summed E-state index contributed by atoms with van der Waals surface area (Å²) in [5.74, 6) is 0.682. The lowest BCUT2D eigenvalue weighted by Crippen LogP contribution is -1.89. The van der Waals surface area contributed by atoms with E-state index in [0.29, 0.717) is 11.0 Å². The van der Waals surface area contributed by atoms with Crippen LogP contribution >= 0.6 is 23.4 Å². The molecular weight excluding hydrogens is 266 g/mol. The van der Waals surface area contributed by atoms with Gasteiger partial charge in [0.1, 0.15) is 16.0 Å². The zero-order valence-electron chi connectivity index (χ0n) is 9.64. The highest BCUT2D eigenvalue weighted by molar-refractivity contribution is 7.99. The third-order valence-electron chi connectivity index (χ3n) is 2.50. The van der Waals surface area contributed by atoms with Crippen molar-refractivity contribution in [2.24, 2.45) is 0 Å². The van der Waals surface area contributed by atoms with Gasteiger partial charge in [-0.3, -0.25) is 0 Å². The highest BCUT2D eigenvalue weighted by atomic mass is 35.5. The Morgan fingerprint density at radius 3 is 2.78 bits per heavy atom. The predicted molar refractivity (Wildman–Crippen MR) is 74.2 cm³/mol. The molecule has 1 aromatic carbocycles. The van der Waals surface area contributed by atoms with E-state index in [4.69, 9.17) is 11.6 Å². The lowest BCUT2D eigenvalue weighted by molar-refractivity contribution is 0.966. The van der Waals surface area contributed by atoms with Crippen LogP contribution in [0.5, 0.6) is 0 Å². The Kier molecular flexibility index (Phi) is 2.97. The zero-order valence-corrected chi connectivity index (χ0v) is 11.2. The molecule has 1 N–H and O–H groups in total. The second-order valence-corrected chi connectivity index (χ2v) is 5.35. The number of hydrogen-bond donors (Lipinski definition) is 1. The molecule has 0 spiro atoms. The number of aromatic nitrogens is 3. The number of nitrogens with zero attached hydrogens (tertiary/aromatic N) is 2. The summed E-state index contributed by atoms with van der Waals surface area (Å²) >= 11 is 7.47. The van der Waals surface area contributed by atoms with Crippen LogP contribution in [0, 0.1) is 6.92 Å². The lowest BCUT2D eigenvalue weighted by Gasteiger charge is -2.00. The predicted octanol–water partition coefficient (Wildman–Crippen LogP) is 4.07. The van der Waals surface area contributed by atoms with E-state index in [2.05, 4.69) is 33.2 Å². The fraction of sp³-hybridized carbons (Fsp3) is 0.0769. The van der Waals surface area contributed by atoms with Gasteiger partial charge in [0.15, 0.2) is 0 Å². The van der Waals surface area contributed by atoms with Gasteiger partial charge in [0.05, 0.1) is 5.03 Å². The summed E-state index contributed by atoms with van der Waals surface area (Å²) in [5, 5.41) is 3.56. The van der Waals surface area contributed by atoms with Crippen molar-refractivity contribution in [1.29, 1.82) is 0 Å². The van der Waals surface area contributed by atoms with Crippen molar-refractivity contribution in [3.05, 3.63) is 47.4 Å². The number of benzene rings is 1. The molecule has 3 nitrogen and oxygen atoms in total. The van der Waals surface area contributed by atoms with Gasteiger partial charge in [0, 0.05) is 17.0 Å². The first-order chi connectivity index (χ1) is 8.70. The maximum Gasteiger partial charge on any atom is 0.133 e. The summed E-state index contributed by atoms with van der Waals surface area (Å²) in [6, 6.07) is 12.0. The minimum Gasteiger partial charge on any atom is -0.349 e. The molecule has 0 fully saturated rings. The van der Waals surface area contributed by atoms with Gasteiger partial charge in [0.2, 0.25) is 0 Å². The molecule has 5 heteroatoms. The molecule has 2 heterocycles. The van der Waals surface area contributed by atoms with E-state index >= 15 is 0 Å². The molecule has 0 amide bonds. The van der Waals surface area contributed by atoms with Crippen LogP contribution in [0.4, 0.5) is 0 Å². The molecule has 0 aliphatic rings. The minimum atomic E-state index is 0.473. The molecule has 0 atom stereocenters. The number of H-pyrrole nitrogens is 1. The van der Waals surface area contributed by atoms with E-state index < -0.39 is 0 Å². The minimum absolute atomic E-state index is 0.473. The molecule has 3 aromatic rings. The maximum absolute atomic E-state index is 5.92. The Hall–Kier alpha value is -1.52. The molecule has 18 heavy (non-hydrogen) atoms. The van der Waals surface area contributed by atoms with Crippen LogP contribution in [0.1, 0.15) is 5.82 Å². The Morgan fingerprint density at radius 2 is 2.00 bits per heavy atom. The van der Waals surface area contributed by atoms with Crippen molar-refractivity contribution in [3.8, 4) is 0 Å². The van der Waals surface area contributed by atoms with Gasteiger partial charge < -0.3 is 4.98 Å². The quantitative estimate of drug-likeness (QED) is 0.717. The normalized spacial score (nSPS) is 11.0. The number of aromatic amines is 1. The van der Waals surface area contributed by atoms with Gasteiger partial charge in [0.25, 0.3) is 0 Å². The fourth-order valence-corrected chi connectivity index (χ4v) is 2.98. The van der Waals surface area contributed by atoms with Gasteiger partial charge in [-0.15, -0.1) is 0 Å². The number of rotatable bonds is 2. The van der Waals surface area contributed by atoms with Crippen LogP contribution in [0.3, 0.4) is 0 Å². The highest BCUT2D eigenvalue weighted by Crippen LogP contribution is 2.29. The number of para-hydroxylation sites is 1. The summed E-state index contributed by atoms with van der Waals surface area (Å²) in [7, 11) is 0. The molecule has 0 saturated carbocycles. The van der Waals surface area contributed by atoms with Gasteiger partial charge in [-0.2, -0.15) is 0 Å². The topological polar surface area (TPSA) is 41.6 Å². The molecule has 3 rings (SSSR count). The van der Waals surface area contributed by atoms with Crippen molar-refractivity contribution in [2.45, 2.75) is 17.0 Å². The van der Waals surface area contributed by atoms with E-state index in [1.807, 2.05) is 19.1 Å². The zero-order chi connectivity index (χ0) is 12.5. The fourth-order valence-electron chi connectivity index (χ4n) is 1.77. The molecule has 0 bridgehead atoms. The second-order valence-electron chi connectivity index (χ2n) is 3.90. The average molecular weight is 276 g/mol. The number of nitrogens with one attached hydrogen (secondary N) is 1. The van der Waals surface area contributed by atoms with E-state index in [-0.39, 0.29) is 0 Å². The first-order valence-corrected chi connectivity index (χ1v) is 6.67. The van der Waals surface area contributed by atoms with Crippen LogP contribution in [0.15, 0.2) is 46.5 Å². The van der Waals surface area contributed by atoms with Crippen LogP contribution in [-0.2, 0) is 0 Å². The SMILES string of the molecule is Cc1nc(Cl)cc(Sc2cc3ccccc3[nH]2)n1. The smallest absolute Gasteiger partial charge is 0.133 e. The van der Waals surface area contributed by atoms with E-state index in [1.54, 1.807) is 17.8 Å². The number of aryl methyl sites for hydroxylation is 1. The van der Waals surface area contributed by atoms with Crippen LogP contribution in [-0.4, -0.2) is 15.0 Å². The van der Waals surface area contributed by atoms with Crippen molar-refractivity contribution < 1.29 is 0 Å². The standard InChI is InChI=1S/C13H10ClN3S/c1-8-15-11(14)7-13(16-8)18-12-6-9-4-2-3-5-10(9)17-12/h2-7,17H,1H3. The molecule has 0 radical (unpaired) electrons. The van der Waals surface area contributed by atoms with Gasteiger partial charge >= 0.3 is 0 Å². The van der Waals surface area contributed by atoms with Crippen LogP contribution in [0.25, 0.3) is 10.9 Å². The molecule has 0 saturated heterocycles. The molecule has 2 aromatic heterocycles. The molecule has 0 unspecified atom stereocenters. The first kappa shape index (κ1) is 11.6. The van der Waals surface area contributed by atoms with Crippen LogP contribution in [0.2, 0.25) is 5.15 Å². The Balaban J connectivity index is 1.96. The molecule has 90 valence electrons. The van der Waals surface area contributed by atoms with Gasteiger partial charge in [-0.1, -0.05) is 41.6 Å². The van der Waals surface area contributed by atoms with Crippen molar-refractivity contribution in [3.63, 3.8) is 0 Å². The average Bonchev–Trinajstić information content (AvgIpc) is 2.69. The molecular formula is C13H10ClN3S. The van der Waals surface area contributed by atoms with E-state index in [9.17, 15) is 0 Å². The molecule has 0 aliphatic heterocycles. The van der Waals surface area contributed by atoms with Crippen LogP contribution < -0.4 is 0 Å². The summed E-state index contributed by atoms with van der Waals surface area (Å²) in [6.07, 6.45) is 0.